The Labute approximate surface area is 184 Å². The topological polar surface area (TPSA) is 52.6 Å². The Bertz CT molecular complexity index is 1000. The number of aliphatic hydroxyl groups excluding tert-OH is 1. The van der Waals surface area contributed by atoms with Crippen molar-refractivity contribution in [2.45, 2.75) is 50.6 Å². The molecule has 2 N–H and O–H groups in total. The first-order valence-electron chi connectivity index (χ1n) is 11.6. The molecule has 5 rings (SSSR count). The van der Waals surface area contributed by atoms with E-state index < -0.39 is 0 Å². The third-order valence-corrected chi connectivity index (χ3v) is 7.18. The van der Waals surface area contributed by atoms with Crippen molar-refractivity contribution in [3.63, 3.8) is 0 Å². The van der Waals surface area contributed by atoms with Crippen LogP contribution in [-0.2, 0) is 0 Å². The van der Waals surface area contributed by atoms with E-state index in [-0.39, 0.29) is 30.5 Å². The van der Waals surface area contributed by atoms with Crippen molar-refractivity contribution in [1.29, 1.82) is 0 Å². The van der Waals surface area contributed by atoms with Gasteiger partial charge in [-0.25, -0.2) is 0 Å². The molecule has 1 saturated carbocycles. The highest BCUT2D eigenvalue weighted by atomic mass is 16.3. The lowest BCUT2D eigenvalue weighted by atomic mass is 9.82. The summed E-state index contributed by atoms with van der Waals surface area (Å²) >= 11 is 0. The van der Waals surface area contributed by atoms with Crippen LogP contribution in [0.5, 0.6) is 0 Å². The molecule has 4 heteroatoms. The van der Waals surface area contributed by atoms with Gasteiger partial charge in [0.1, 0.15) is 0 Å². The molecule has 31 heavy (non-hydrogen) atoms. The van der Waals surface area contributed by atoms with E-state index in [0.29, 0.717) is 12.5 Å². The SMILES string of the molecule is O=C(c1ccccc1)N1CC[C@@H]2[C@H]1c1cc(C#CC3CCCCC3)ccc1N[C@@H]2CO. The third kappa shape index (κ3) is 3.95. The number of rotatable bonds is 2. The number of anilines is 1. The van der Waals surface area contributed by atoms with Gasteiger partial charge in [-0.1, -0.05) is 49.3 Å². The number of hydrogen-bond donors (Lipinski definition) is 2. The number of benzene rings is 2. The van der Waals surface area contributed by atoms with E-state index in [1.807, 2.05) is 35.2 Å². The third-order valence-electron chi connectivity index (χ3n) is 7.18. The number of carbonyl (C=O) groups is 1. The second-order valence-electron chi connectivity index (χ2n) is 9.10. The van der Waals surface area contributed by atoms with Gasteiger partial charge in [-0.05, 0) is 55.2 Å². The number of likely N-dealkylation sites (tertiary alicyclic amines) is 1. The van der Waals surface area contributed by atoms with E-state index in [2.05, 4.69) is 35.4 Å². The van der Waals surface area contributed by atoms with Gasteiger partial charge in [-0.2, -0.15) is 0 Å². The molecule has 0 radical (unpaired) electrons. The van der Waals surface area contributed by atoms with E-state index >= 15 is 0 Å². The van der Waals surface area contributed by atoms with Crippen LogP contribution < -0.4 is 5.32 Å². The molecule has 1 saturated heterocycles. The molecule has 2 aromatic carbocycles. The molecule has 2 heterocycles. The molecule has 4 nitrogen and oxygen atoms in total. The minimum atomic E-state index is -0.0368. The van der Waals surface area contributed by atoms with Gasteiger partial charge >= 0.3 is 0 Å². The van der Waals surface area contributed by atoms with Gasteiger partial charge in [0.25, 0.3) is 5.91 Å². The fourth-order valence-electron chi connectivity index (χ4n) is 5.55. The van der Waals surface area contributed by atoms with Crippen molar-refractivity contribution in [3.8, 4) is 11.8 Å². The molecule has 2 fully saturated rings. The molecule has 0 aromatic heterocycles. The molecule has 0 unspecified atom stereocenters. The summed E-state index contributed by atoms with van der Waals surface area (Å²) in [6, 6.07) is 15.8. The van der Waals surface area contributed by atoms with E-state index in [1.165, 1.54) is 32.1 Å². The quantitative estimate of drug-likeness (QED) is 0.706. The minimum Gasteiger partial charge on any atom is -0.394 e. The standard InChI is InChI=1S/C27H30N2O2/c30-18-25-22-15-16-29(27(31)21-9-5-2-6-10-21)26(22)23-17-20(13-14-24(23)28-25)12-11-19-7-3-1-4-8-19/h2,5-6,9-10,13-14,17,19,22,25-26,28,30H,1,3-4,7-8,15-16,18H2/t22-,25+,26-/m0/s1. The fourth-order valence-corrected chi connectivity index (χ4v) is 5.55. The Morgan fingerprint density at radius 2 is 1.87 bits per heavy atom. The lowest BCUT2D eigenvalue weighted by Gasteiger charge is -2.39. The van der Waals surface area contributed by atoms with Crippen molar-refractivity contribution in [1.82, 2.24) is 4.90 Å². The van der Waals surface area contributed by atoms with Gasteiger partial charge < -0.3 is 15.3 Å². The smallest absolute Gasteiger partial charge is 0.254 e. The summed E-state index contributed by atoms with van der Waals surface area (Å²) in [5.41, 5.74) is 3.88. The van der Waals surface area contributed by atoms with Gasteiger partial charge in [0, 0.05) is 35.2 Å². The average Bonchev–Trinajstić information content (AvgIpc) is 3.28. The zero-order valence-corrected chi connectivity index (χ0v) is 17.9. The van der Waals surface area contributed by atoms with Gasteiger partial charge in [-0.3, -0.25) is 4.79 Å². The Morgan fingerprint density at radius 3 is 2.65 bits per heavy atom. The van der Waals surface area contributed by atoms with E-state index in [0.717, 1.165) is 28.8 Å². The molecule has 1 amide bonds. The highest BCUT2D eigenvalue weighted by molar-refractivity contribution is 5.95. The zero-order valence-electron chi connectivity index (χ0n) is 17.9. The van der Waals surface area contributed by atoms with Crippen LogP contribution in [-0.4, -0.2) is 35.1 Å². The maximum atomic E-state index is 13.3. The lowest BCUT2D eigenvalue weighted by molar-refractivity contribution is 0.0701. The molecule has 1 aliphatic carbocycles. The van der Waals surface area contributed by atoms with Crippen molar-refractivity contribution < 1.29 is 9.90 Å². The highest BCUT2D eigenvalue weighted by Gasteiger charge is 2.45. The fraction of sp³-hybridized carbons (Fsp3) is 0.444. The number of aliphatic hydroxyl groups is 1. The van der Waals surface area contributed by atoms with Crippen LogP contribution >= 0.6 is 0 Å². The van der Waals surface area contributed by atoms with E-state index in [9.17, 15) is 9.90 Å². The summed E-state index contributed by atoms with van der Waals surface area (Å²) in [5.74, 6) is 7.69. The maximum absolute atomic E-state index is 13.3. The summed E-state index contributed by atoms with van der Waals surface area (Å²) in [6.45, 7) is 0.774. The molecular formula is C27H30N2O2. The van der Waals surface area contributed by atoms with Gasteiger partial charge in [0.05, 0.1) is 18.7 Å². The molecule has 0 bridgehead atoms. The number of hydrogen-bond acceptors (Lipinski definition) is 3. The molecule has 2 aromatic rings. The van der Waals surface area contributed by atoms with Crippen LogP contribution in [0.3, 0.4) is 0 Å². The van der Waals surface area contributed by atoms with Gasteiger partial charge in [0.2, 0.25) is 0 Å². The predicted molar refractivity (Wildman–Crippen MR) is 123 cm³/mol. The first kappa shape index (κ1) is 20.2. The Morgan fingerprint density at radius 1 is 1.06 bits per heavy atom. The van der Waals surface area contributed by atoms with Crippen molar-refractivity contribution in [3.05, 3.63) is 65.2 Å². The van der Waals surface area contributed by atoms with Crippen molar-refractivity contribution in [2.75, 3.05) is 18.5 Å². The number of nitrogens with one attached hydrogen (secondary N) is 1. The first-order valence-corrected chi connectivity index (χ1v) is 11.6. The van der Waals surface area contributed by atoms with Gasteiger partial charge in [0.15, 0.2) is 0 Å². The van der Waals surface area contributed by atoms with Gasteiger partial charge in [-0.15, -0.1) is 0 Å². The van der Waals surface area contributed by atoms with Crippen molar-refractivity contribution in [2.24, 2.45) is 11.8 Å². The maximum Gasteiger partial charge on any atom is 0.254 e. The van der Waals surface area contributed by atoms with E-state index in [1.54, 1.807) is 0 Å². The van der Waals surface area contributed by atoms with Crippen LogP contribution in [0.4, 0.5) is 5.69 Å². The normalized spacial score (nSPS) is 25.1. The number of fused-ring (bicyclic) bond motifs is 3. The summed E-state index contributed by atoms with van der Waals surface area (Å²) < 4.78 is 0. The highest BCUT2D eigenvalue weighted by Crippen LogP contribution is 2.47. The second-order valence-corrected chi connectivity index (χ2v) is 9.10. The minimum absolute atomic E-state index is 0.0301. The number of amides is 1. The largest absolute Gasteiger partial charge is 0.394 e. The molecular weight excluding hydrogens is 384 g/mol. The summed E-state index contributed by atoms with van der Waals surface area (Å²) in [7, 11) is 0. The predicted octanol–water partition coefficient (Wildman–Crippen LogP) is 4.61. The summed E-state index contributed by atoms with van der Waals surface area (Å²) in [5, 5.41) is 13.5. The zero-order chi connectivity index (χ0) is 21.2. The summed E-state index contributed by atoms with van der Waals surface area (Å²) in [6.07, 6.45) is 7.22. The second kappa shape index (κ2) is 8.77. The monoisotopic (exact) mass is 414 g/mol. The van der Waals surface area contributed by atoms with Crippen LogP contribution in [0.2, 0.25) is 0 Å². The molecule has 3 atom stereocenters. The Hall–Kier alpha value is -2.77. The molecule has 2 aliphatic heterocycles. The molecule has 160 valence electrons. The van der Waals surface area contributed by atoms with E-state index in [4.69, 9.17) is 0 Å². The molecule has 3 aliphatic rings. The lowest BCUT2D eigenvalue weighted by Crippen LogP contribution is -2.42. The van der Waals surface area contributed by atoms with Crippen LogP contribution in [0.15, 0.2) is 48.5 Å². The average molecular weight is 415 g/mol. The Balaban J connectivity index is 1.48. The number of nitrogens with zero attached hydrogens (tertiary/aromatic N) is 1. The molecule has 0 spiro atoms. The van der Waals surface area contributed by atoms with Crippen molar-refractivity contribution >= 4 is 11.6 Å². The first-order chi connectivity index (χ1) is 15.2. The summed E-state index contributed by atoms with van der Waals surface area (Å²) in [4.78, 5) is 15.3. The van der Waals surface area contributed by atoms with Crippen LogP contribution in [0, 0.1) is 23.7 Å². The van der Waals surface area contributed by atoms with Crippen LogP contribution in [0.25, 0.3) is 0 Å². The Kier molecular flexibility index (Phi) is 5.70. The van der Waals surface area contributed by atoms with Crippen LogP contribution in [0.1, 0.15) is 66.1 Å². The number of carbonyl (C=O) groups excluding carboxylic acids is 1.